The van der Waals surface area contributed by atoms with Crippen molar-refractivity contribution >= 4 is 23.4 Å². The Bertz CT molecular complexity index is 1100. The Morgan fingerprint density at radius 3 is 2.51 bits per heavy atom. The summed E-state index contributed by atoms with van der Waals surface area (Å²) in [4.78, 5) is 45.2. The number of piperidine rings is 1. The van der Waals surface area contributed by atoms with E-state index in [0.717, 1.165) is 30.6 Å². The van der Waals surface area contributed by atoms with E-state index in [0.29, 0.717) is 30.8 Å². The highest BCUT2D eigenvalue weighted by molar-refractivity contribution is 6.23. The molecule has 4 rings (SSSR count). The SMILES string of the molecule is CCN(Cc1ccccc1)C(=O)C1CCCN(c2cccc3c2C(=O)N(CC(C)(C)OC)C3=O)C1. The lowest BCUT2D eigenvalue weighted by Crippen LogP contribution is -2.45. The largest absolute Gasteiger partial charge is 0.377 e. The number of amides is 3. The molecule has 2 aliphatic heterocycles. The van der Waals surface area contributed by atoms with Crippen molar-refractivity contribution in [1.29, 1.82) is 0 Å². The van der Waals surface area contributed by atoms with E-state index in [1.807, 2.05) is 68.1 Å². The molecule has 1 atom stereocenters. The Kier molecular flexibility index (Phi) is 7.26. The molecule has 1 unspecified atom stereocenters. The van der Waals surface area contributed by atoms with E-state index in [1.54, 1.807) is 13.2 Å². The van der Waals surface area contributed by atoms with Crippen molar-refractivity contribution in [1.82, 2.24) is 9.80 Å². The van der Waals surface area contributed by atoms with Gasteiger partial charge in [0.25, 0.3) is 11.8 Å². The molecular weight excluding hydrogens is 442 g/mol. The normalized spacial score (nSPS) is 18.1. The fourth-order valence-electron chi connectivity index (χ4n) is 4.97. The summed E-state index contributed by atoms with van der Waals surface area (Å²) in [6, 6.07) is 15.5. The standard InChI is InChI=1S/C28H35N3O4/c1-5-29(17-20-11-7-6-8-12-20)25(32)21-13-10-16-30(18-21)23-15-9-14-22-24(23)27(34)31(26(22)33)19-28(2,3)35-4/h6-9,11-12,14-15,21H,5,10,13,16-19H2,1-4H3. The van der Waals surface area contributed by atoms with Crippen molar-refractivity contribution in [3.05, 3.63) is 65.2 Å². The number of benzene rings is 2. The molecule has 7 heteroatoms. The van der Waals surface area contributed by atoms with E-state index in [-0.39, 0.29) is 30.2 Å². The summed E-state index contributed by atoms with van der Waals surface area (Å²) in [7, 11) is 1.58. The van der Waals surface area contributed by atoms with Crippen molar-refractivity contribution in [2.45, 2.75) is 45.8 Å². The number of hydrogen-bond acceptors (Lipinski definition) is 5. The zero-order chi connectivity index (χ0) is 25.2. The highest BCUT2D eigenvalue weighted by atomic mass is 16.5. The van der Waals surface area contributed by atoms with Gasteiger partial charge in [-0.1, -0.05) is 36.4 Å². The third-order valence-electron chi connectivity index (χ3n) is 7.09. The minimum Gasteiger partial charge on any atom is -0.377 e. The number of ether oxygens (including phenoxy) is 1. The first kappa shape index (κ1) is 24.9. The smallest absolute Gasteiger partial charge is 0.263 e. The van der Waals surface area contributed by atoms with Crippen molar-refractivity contribution in [3.8, 4) is 0 Å². The first-order valence-electron chi connectivity index (χ1n) is 12.4. The predicted molar refractivity (Wildman–Crippen MR) is 135 cm³/mol. The van der Waals surface area contributed by atoms with Crippen LogP contribution in [0.2, 0.25) is 0 Å². The monoisotopic (exact) mass is 477 g/mol. The number of nitrogens with zero attached hydrogens (tertiary/aromatic N) is 3. The molecule has 0 spiro atoms. The Labute approximate surface area is 207 Å². The van der Waals surface area contributed by atoms with Gasteiger partial charge in [-0.2, -0.15) is 0 Å². The van der Waals surface area contributed by atoms with Crippen LogP contribution in [0.1, 0.15) is 59.9 Å². The van der Waals surface area contributed by atoms with E-state index in [9.17, 15) is 14.4 Å². The Hall–Kier alpha value is -3.19. The van der Waals surface area contributed by atoms with Crippen LogP contribution in [0.25, 0.3) is 0 Å². The van der Waals surface area contributed by atoms with Crippen LogP contribution < -0.4 is 4.90 Å². The zero-order valence-electron chi connectivity index (χ0n) is 21.1. The maximum atomic E-state index is 13.5. The summed E-state index contributed by atoms with van der Waals surface area (Å²) in [6.07, 6.45) is 1.67. The van der Waals surface area contributed by atoms with Crippen LogP contribution in [0.5, 0.6) is 0 Å². The Morgan fingerprint density at radius 1 is 1.09 bits per heavy atom. The average Bonchev–Trinajstić information content (AvgIpc) is 3.12. The molecule has 35 heavy (non-hydrogen) atoms. The number of imide groups is 1. The highest BCUT2D eigenvalue weighted by Crippen LogP contribution is 2.35. The van der Waals surface area contributed by atoms with Gasteiger partial charge in [-0.3, -0.25) is 19.3 Å². The summed E-state index contributed by atoms with van der Waals surface area (Å²) >= 11 is 0. The third kappa shape index (κ3) is 5.10. The van der Waals surface area contributed by atoms with Crippen LogP contribution in [-0.4, -0.2) is 66.4 Å². The summed E-state index contributed by atoms with van der Waals surface area (Å²) in [5, 5.41) is 0. The van der Waals surface area contributed by atoms with Crippen molar-refractivity contribution in [3.63, 3.8) is 0 Å². The molecule has 2 aromatic carbocycles. The van der Waals surface area contributed by atoms with Crippen LogP contribution in [0.3, 0.4) is 0 Å². The van der Waals surface area contributed by atoms with Gasteiger partial charge in [-0.15, -0.1) is 0 Å². The summed E-state index contributed by atoms with van der Waals surface area (Å²) in [5.74, 6) is -0.599. The third-order valence-corrected chi connectivity index (χ3v) is 7.09. The molecule has 1 fully saturated rings. The number of carbonyl (C=O) groups excluding carboxylic acids is 3. The van der Waals surface area contributed by atoms with Gasteiger partial charge < -0.3 is 14.5 Å². The summed E-state index contributed by atoms with van der Waals surface area (Å²) in [5.41, 5.74) is 2.07. The fourth-order valence-corrected chi connectivity index (χ4v) is 4.97. The van der Waals surface area contributed by atoms with Crippen LogP contribution in [0.15, 0.2) is 48.5 Å². The van der Waals surface area contributed by atoms with Crippen molar-refractivity contribution in [2.75, 3.05) is 38.2 Å². The number of rotatable bonds is 8. The van der Waals surface area contributed by atoms with Gasteiger partial charge in [0.1, 0.15) is 0 Å². The Balaban J connectivity index is 1.54. The molecule has 186 valence electrons. The van der Waals surface area contributed by atoms with E-state index >= 15 is 0 Å². The molecule has 0 radical (unpaired) electrons. The van der Waals surface area contributed by atoms with E-state index < -0.39 is 5.60 Å². The maximum absolute atomic E-state index is 13.5. The minimum atomic E-state index is -0.640. The molecular formula is C28H35N3O4. The second kappa shape index (κ2) is 10.2. The van der Waals surface area contributed by atoms with Gasteiger partial charge >= 0.3 is 0 Å². The van der Waals surface area contributed by atoms with Crippen LogP contribution in [0.4, 0.5) is 5.69 Å². The lowest BCUT2D eigenvalue weighted by atomic mass is 9.94. The molecule has 0 N–H and O–H groups in total. The number of hydrogen-bond donors (Lipinski definition) is 0. The van der Waals surface area contributed by atoms with Gasteiger partial charge in [0.05, 0.1) is 34.9 Å². The van der Waals surface area contributed by atoms with Crippen LogP contribution in [0, 0.1) is 5.92 Å². The molecule has 2 aliphatic rings. The summed E-state index contributed by atoms with van der Waals surface area (Å²) < 4.78 is 5.46. The van der Waals surface area contributed by atoms with Crippen molar-refractivity contribution in [2.24, 2.45) is 5.92 Å². The quantitative estimate of drug-likeness (QED) is 0.538. The number of fused-ring (bicyclic) bond motifs is 1. The van der Waals surface area contributed by atoms with E-state index in [4.69, 9.17) is 4.74 Å². The van der Waals surface area contributed by atoms with Gasteiger partial charge in [0.15, 0.2) is 0 Å². The lowest BCUT2D eigenvalue weighted by molar-refractivity contribution is -0.136. The maximum Gasteiger partial charge on any atom is 0.263 e. The zero-order valence-corrected chi connectivity index (χ0v) is 21.1. The molecule has 3 amide bonds. The van der Waals surface area contributed by atoms with Gasteiger partial charge in [0.2, 0.25) is 5.91 Å². The average molecular weight is 478 g/mol. The fraction of sp³-hybridized carbons (Fsp3) is 0.464. The molecule has 1 saturated heterocycles. The second-order valence-electron chi connectivity index (χ2n) is 9.98. The summed E-state index contributed by atoms with van der Waals surface area (Å²) in [6.45, 7) is 8.40. The first-order chi connectivity index (χ1) is 16.8. The first-order valence-corrected chi connectivity index (χ1v) is 12.4. The highest BCUT2D eigenvalue weighted by Gasteiger charge is 2.41. The molecule has 0 aromatic heterocycles. The van der Waals surface area contributed by atoms with E-state index in [2.05, 4.69) is 4.90 Å². The van der Waals surface area contributed by atoms with Gasteiger partial charge in [0, 0.05) is 33.3 Å². The molecule has 0 saturated carbocycles. The van der Waals surface area contributed by atoms with Gasteiger partial charge in [-0.25, -0.2) is 0 Å². The van der Waals surface area contributed by atoms with Crippen LogP contribution >= 0.6 is 0 Å². The van der Waals surface area contributed by atoms with Crippen LogP contribution in [-0.2, 0) is 16.1 Å². The number of anilines is 1. The molecule has 7 nitrogen and oxygen atoms in total. The number of methoxy groups -OCH3 is 1. The Morgan fingerprint density at radius 2 is 1.83 bits per heavy atom. The van der Waals surface area contributed by atoms with Gasteiger partial charge in [-0.05, 0) is 51.3 Å². The lowest BCUT2D eigenvalue weighted by Gasteiger charge is -2.36. The molecule has 2 heterocycles. The second-order valence-corrected chi connectivity index (χ2v) is 9.98. The molecule has 0 bridgehead atoms. The van der Waals surface area contributed by atoms with Crippen molar-refractivity contribution < 1.29 is 19.1 Å². The molecule has 0 aliphatic carbocycles. The number of carbonyl (C=O) groups is 3. The topological polar surface area (TPSA) is 70.2 Å². The van der Waals surface area contributed by atoms with E-state index in [1.165, 1.54) is 4.90 Å². The minimum absolute atomic E-state index is 0.138. The predicted octanol–water partition coefficient (Wildman–Crippen LogP) is 3.97. The molecule has 2 aromatic rings.